The lowest BCUT2D eigenvalue weighted by Crippen LogP contribution is -2.45. The van der Waals surface area contributed by atoms with Crippen LogP contribution in [0.5, 0.6) is 0 Å². The molecule has 0 bridgehead atoms. The number of nitrogens with zero attached hydrogens (tertiary/aromatic N) is 3. The number of nitro groups is 1. The number of rotatable bonds is 5. The highest BCUT2D eigenvalue weighted by Gasteiger charge is 2.34. The van der Waals surface area contributed by atoms with Gasteiger partial charge in [0.25, 0.3) is 5.69 Å². The number of hydrogen-bond acceptors (Lipinski definition) is 7. The van der Waals surface area contributed by atoms with Gasteiger partial charge >= 0.3 is 0 Å². The maximum atomic E-state index is 13.0. The van der Waals surface area contributed by atoms with E-state index in [0.717, 1.165) is 18.9 Å². The summed E-state index contributed by atoms with van der Waals surface area (Å²) in [4.78, 5) is 12.5. The minimum atomic E-state index is -3.84. The number of hydrogen-bond donors (Lipinski definition) is 1. The Kier molecular flexibility index (Phi) is 6.18. The van der Waals surface area contributed by atoms with E-state index in [1.807, 2.05) is 6.92 Å². The molecule has 2 saturated heterocycles. The van der Waals surface area contributed by atoms with Crippen molar-refractivity contribution in [1.82, 2.24) is 4.31 Å². The molecule has 0 spiro atoms. The van der Waals surface area contributed by atoms with Gasteiger partial charge < -0.3 is 4.90 Å². The summed E-state index contributed by atoms with van der Waals surface area (Å²) in [5.41, 5.74) is -0.152. The Balaban J connectivity index is 1.94. The average Bonchev–Trinajstić information content (AvgIpc) is 2.67. The Morgan fingerprint density at radius 1 is 1.10 bits per heavy atom. The molecule has 2 atom stereocenters. The van der Waals surface area contributed by atoms with E-state index in [1.54, 1.807) is 4.90 Å². The van der Waals surface area contributed by atoms with Crippen LogP contribution in [0.3, 0.4) is 0 Å². The van der Waals surface area contributed by atoms with Gasteiger partial charge in [0.2, 0.25) is 20.0 Å². The van der Waals surface area contributed by atoms with Crippen LogP contribution in [0.1, 0.15) is 32.6 Å². The molecule has 1 aromatic carbocycles. The molecule has 0 aromatic heterocycles. The van der Waals surface area contributed by atoms with Crippen LogP contribution in [0.15, 0.2) is 23.1 Å². The average molecular weight is 447 g/mol. The predicted octanol–water partition coefficient (Wildman–Crippen LogP) is 1.27. The quantitative estimate of drug-likeness (QED) is 0.530. The number of sulfonamides is 2. The largest absolute Gasteiger partial charge is 0.365 e. The summed E-state index contributed by atoms with van der Waals surface area (Å²) in [5.74, 6) is 0.233. The Morgan fingerprint density at radius 3 is 2.41 bits per heavy atom. The third-order valence-electron chi connectivity index (χ3n) is 5.58. The van der Waals surface area contributed by atoms with Crippen molar-refractivity contribution < 1.29 is 21.8 Å². The van der Waals surface area contributed by atoms with Crippen LogP contribution < -0.4 is 10.0 Å². The second kappa shape index (κ2) is 8.17. The Bertz CT molecular complexity index is 995. The molecular formula is C17H26N4O6S2. The van der Waals surface area contributed by atoms with E-state index in [9.17, 15) is 26.9 Å². The van der Waals surface area contributed by atoms with Gasteiger partial charge in [-0.2, -0.15) is 4.31 Å². The molecule has 29 heavy (non-hydrogen) atoms. The third kappa shape index (κ3) is 4.71. The van der Waals surface area contributed by atoms with Crippen molar-refractivity contribution in [2.75, 3.05) is 31.1 Å². The zero-order chi connectivity index (χ0) is 21.4. The second-order valence-corrected chi connectivity index (χ2v) is 11.6. The molecule has 0 saturated carbocycles. The van der Waals surface area contributed by atoms with Crippen molar-refractivity contribution in [2.24, 2.45) is 11.1 Å². The van der Waals surface area contributed by atoms with Crippen LogP contribution in [-0.4, -0.2) is 57.5 Å². The van der Waals surface area contributed by atoms with Crippen molar-refractivity contribution in [2.45, 2.75) is 42.8 Å². The zero-order valence-electron chi connectivity index (χ0n) is 16.2. The fraction of sp³-hybridized carbons (Fsp3) is 0.647. The van der Waals surface area contributed by atoms with Crippen LogP contribution in [0.2, 0.25) is 0 Å². The topological polar surface area (TPSA) is 144 Å². The number of nitro benzene ring substituents is 1. The van der Waals surface area contributed by atoms with Crippen LogP contribution in [0, 0.1) is 16.0 Å². The Hall–Kier alpha value is -1.76. The van der Waals surface area contributed by atoms with Crippen molar-refractivity contribution >= 4 is 31.4 Å². The lowest BCUT2D eigenvalue weighted by Gasteiger charge is -2.33. The molecule has 0 radical (unpaired) electrons. The van der Waals surface area contributed by atoms with E-state index in [-0.39, 0.29) is 28.7 Å². The molecule has 0 unspecified atom stereocenters. The number of nitrogens with two attached hydrogens (primary N) is 1. The van der Waals surface area contributed by atoms with Crippen molar-refractivity contribution in [1.29, 1.82) is 0 Å². The third-order valence-corrected chi connectivity index (χ3v) is 8.76. The predicted molar refractivity (Wildman–Crippen MR) is 109 cm³/mol. The molecule has 2 heterocycles. The van der Waals surface area contributed by atoms with E-state index in [0.29, 0.717) is 32.5 Å². The summed E-state index contributed by atoms with van der Waals surface area (Å²) in [6.07, 6.45) is 2.61. The fourth-order valence-corrected chi connectivity index (χ4v) is 6.52. The maximum absolute atomic E-state index is 13.0. The van der Waals surface area contributed by atoms with Gasteiger partial charge in [0.1, 0.15) is 5.69 Å². The summed E-state index contributed by atoms with van der Waals surface area (Å²) < 4.78 is 50.7. The molecule has 0 aliphatic carbocycles. The number of benzene rings is 1. The molecule has 0 amide bonds. The standard InChI is InChI=1S/C17H26N4O6S2/c1-13-4-2-9-20(11-13)29(26,27)14-6-7-16(17(10-14)21(22)23)19-8-3-5-15(12-19)28(18,24)25/h6-7,10,13,15H,2-5,8-9,11-12H2,1H3,(H2,18,24,25)/t13-,15-/m0/s1. The summed E-state index contributed by atoms with van der Waals surface area (Å²) in [6, 6.07) is 3.83. The highest BCUT2D eigenvalue weighted by atomic mass is 32.2. The minimum absolute atomic E-state index is 0.0371. The Morgan fingerprint density at radius 2 is 1.79 bits per heavy atom. The number of anilines is 1. The van der Waals surface area contributed by atoms with E-state index in [2.05, 4.69) is 0 Å². The molecular weight excluding hydrogens is 420 g/mol. The second-order valence-electron chi connectivity index (χ2n) is 7.82. The number of primary sulfonamides is 1. The molecule has 2 aliphatic rings. The normalized spacial score (nSPS) is 24.4. The molecule has 162 valence electrons. The van der Waals surface area contributed by atoms with Crippen molar-refractivity contribution in [3.8, 4) is 0 Å². The van der Waals surface area contributed by atoms with Gasteiger partial charge in [0.05, 0.1) is 15.1 Å². The number of piperidine rings is 2. The molecule has 2 fully saturated rings. The van der Waals surface area contributed by atoms with E-state index < -0.39 is 30.2 Å². The summed E-state index contributed by atoms with van der Waals surface area (Å²) >= 11 is 0. The molecule has 10 nitrogen and oxygen atoms in total. The van der Waals surface area contributed by atoms with Gasteiger partial charge in [-0.25, -0.2) is 22.0 Å². The summed E-state index contributed by atoms with van der Waals surface area (Å²) in [7, 11) is -7.60. The Labute approximate surface area is 170 Å². The summed E-state index contributed by atoms with van der Waals surface area (Å²) in [5, 5.41) is 16.1. The van der Waals surface area contributed by atoms with Crippen LogP contribution in [-0.2, 0) is 20.0 Å². The maximum Gasteiger partial charge on any atom is 0.293 e. The van der Waals surface area contributed by atoms with Crippen molar-refractivity contribution in [3.63, 3.8) is 0 Å². The van der Waals surface area contributed by atoms with Gasteiger partial charge in [0.15, 0.2) is 0 Å². The van der Waals surface area contributed by atoms with E-state index in [4.69, 9.17) is 5.14 Å². The first-order valence-electron chi connectivity index (χ1n) is 9.55. The molecule has 1 aromatic rings. The van der Waals surface area contributed by atoms with Gasteiger partial charge in [0, 0.05) is 32.2 Å². The fourth-order valence-electron chi connectivity index (χ4n) is 4.02. The zero-order valence-corrected chi connectivity index (χ0v) is 17.9. The van der Waals surface area contributed by atoms with Gasteiger partial charge in [-0.3, -0.25) is 10.1 Å². The smallest absolute Gasteiger partial charge is 0.293 e. The van der Waals surface area contributed by atoms with Gasteiger partial charge in [-0.05, 0) is 43.7 Å². The highest BCUT2D eigenvalue weighted by Crippen LogP contribution is 2.34. The van der Waals surface area contributed by atoms with Crippen LogP contribution in [0.25, 0.3) is 0 Å². The summed E-state index contributed by atoms with van der Waals surface area (Å²) in [6.45, 7) is 3.23. The SMILES string of the molecule is C[C@H]1CCCN(S(=O)(=O)c2ccc(N3CCC[C@H](S(N)(=O)=O)C3)c([N+](=O)[O-])c2)C1. The lowest BCUT2D eigenvalue weighted by atomic mass is 10.0. The molecule has 12 heteroatoms. The van der Waals surface area contributed by atoms with E-state index in [1.165, 1.54) is 16.4 Å². The molecule has 2 N–H and O–H groups in total. The van der Waals surface area contributed by atoms with Gasteiger partial charge in [-0.15, -0.1) is 0 Å². The first-order valence-corrected chi connectivity index (χ1v) is 12.6. The monoisotopic (exact) mass is 446 g/mol. The van der Waals surface area contributed by atoms with E-state index >= 15 is 0 Å². The van der Waals surface area contributed by atoms with Gasteiger partial charge in [-0.1, -0.05) is 6.92 Å². The molecule has 3 rings (SSSR count). The first kappa shape index (κ1) is 21.9. The van der Waals surface area contributed by atoms with Crippen molar-refractivity contribution in [3.05, 3.63) is 28.3 Å². The van der Waals surface area contributed by atoms with Crippen LogP contribution in [0.4, 0.5) is 11.4 Å². The first-order chi connectivity index (χ1) is 13.5. The van der Waals surface area contributed by atoms with Crippen LogP contribution >= 0.6 is 0 Å². The molecule has 2 aliphatic heterocycles. The highest BCUT2D eigenvalue weighted by molar-refractivity contribution is 7.89. The lowest BCUT2D eigenvalue weighted by molar-refractivity contribution is -0.384. The minimum Gasteiger partial charge on any atom is -0.365 e.